The van der Waals surface area contributed by atoms with Gasteiger partial charge < -0.3 is 50.0 Å². The summed E-state index contributed by atoms with van der Waals surface area (Å²) in [5.41, 5.74) is -0.287. The molecule has 0 aromatic heterocycles. The summed E-state index contributed by atoms with van der Waals surface area (Å²) in [5.74, 6) is -3.12. The van der Waals surface area contributed by atoms with Crippen molar-refractivity contribution in [3.05, 3.63) is 42.0 Å². The van der Waals surface area contributed by atoms with Crippen molar-refractivity contribution in [1.29, 1.82) is 0 Å². The van der Waals surface area contributed by atoms with E-state index >= 15 is 0 Å². The van der Waals surface area contributed by atoms with E-state index in [0.717, 1.165) is 12.1 Å². The molecule has 2 aromatic rings. The van der Waals surface area contributed by atoms with Crippen molar-refractivity contribution in [2.45, 2.75) is 30.7 Å². The van der Waals surface area contributed by atoms with Crippen LogP contribution in [0.3, 0.4) is 0 Å². The largest absolute Gasteiger partial charge is 0.508 e. The fourth-order valence-corrected chi connectivity index (χ4v) is 2.77. The highest BCUT2D eigenvalue weighted by atomic mass is 16.7. The third kappa shape index (κ3) is 4.49. The second-order valence-electron chi connectivity index (χ2n) is 6.59. The maximum absolute atomic E-state index is 12.1. The zero-order chi connectivity index (χ0) is 22.0. The first-order valence-corrected chi connectivity index (χ1v) is 8.74. The number of aliphatic hydroxyl groups is 3. The van der Waals surface area contributed by atoms with Gasteiger partial charge in [0.05, 0.1) is 5.56 Å². The number of aromatic hydroxyl groups is 4. The Labute approximate surface area is 169 Å². The molecule has 5 atom stereocenters. The van der Waals surface area contributed by atoms with Crippen molar-refractivity contribution in [3.63, 3.8) is 0 Å². The van der Waals surface area contributed by atoms with Gasteiger partial charge >= 0.3 is 5.97 Å². The fraction of sp³-hybridized carbons (Fsp3) is 0.316. The van der Waals surface area contributed by atoms with Gasteiger partial charge in [-0.1, -0.05) is 0 Å². The quantitative estimate of drug-likeness (QED) is 0.243. The van der Waals surface area contributed by atoms with Crippen LogP contribution in [-0.4, -0.2) is 79.0 Å². The minimum atomic E-state index is -1.67. The van der Waals surface area contributed by atoms with E-state index in [1.807, 2.05) is 0 Å². The van der Waals surface area contributed by atoms with E-state index in [-0.39, 0.29) is 17.1 Å². The Morgan fingerprint density at radius 2 is 1.50 bits per heavy atom. The van der Waals surface area contributed by atoms with Gasteiger partial charge in [-0.15, -0.1) is 0 Å². The molecule has 0 radical (unpaired) electrons. The van der Waals surface area contributed by atoms with Crippen molar-refractivity contribution >= 4 is 5.97 Å². The van der Waals surface area contributed by atoms with Gasteiger partial charge in [0.1, 0.15) is 42.5 Å². The predicted octanol–water partition coefficient (Wildman–Crippen LogP) is -0.448. The Balaban J connectivity index is 1.67. The first kappa shape index (κ1) is 21.5. The molecule has 0 aliphatic carbocycles. The number of aliphatic hydroxyl groups excluding tert-OH is 3. The molecule has 0 unspecified atom stereocenters. The average molecular weight is 424 g/mol. The van der Waals surface area contributed by atoms with Gasteiger partial charge in [-0.2, -0.15) is 0 Å². The second kappa shape index (κ2) is 8.63. The van der Waals surface area contributed by atoms with Gasteiger partial charge in [-0.25, -0.2) is 4.79 Å². The Kier molecular flexibility index (Phi) is 6.17. The van der Waals surface area contributed by atoms with Crippen LogP contribution in [0.15, 0.2) is 36.4 Å². The minimum absolute atomic E-state index is 0.0148. The lowest BCUT2D eigenvalue weighted by atomic mass is 9.99. The van der Waals surface area contributed by atoms with Crippen LogP contribution in [0.5, 0.6) is 28.7 Å². The molecule has 11 heteroatoms. The van der Waals surface area contributed by atoms with Crippen LogP contribution in [-0.2, 0) is 9.47 Å². The molecule has 7 N–H and O–H groups in total. The smallest absolute Gasteiger partial charge is 0.338 e. The molecule has 1 fully saturated rings. The third-order valence-corrected chi connectivity index (χ3v) is 4.44. The van der Waals surface area contributed by atoms with Crippen molar-refractivity contribution < 1.29 is 54.8 Å². The van der Waals surface area contributed by atoms with E-state index in [9.17, 15) is 40.5 Å². The molecule has 162 valence electrons. The molecule has 30 heavy (non-hydrogen) atoms. The van der Waals surface area contributed by atoms with Crippen LogP contribution in [0, 0.1) is 0 Å². The lowest BCUT2D eigenvalue weighted by Crippen LogP contribution is -2.60. The van der Waals surface area contributed by atoms with Crippen LogP contribution >= 0.6 is 0 Å². The fourth-order valence-electron chi connectivity index (χ4n) is 2.77. The van der Waals surface area contributed by atoms with Crippen LogP contribution in [0.4, 0.5) is 0 Å². The summed E-state index contributed by atoms with van der Waals surface area (Å²) in [6.07, 6.45) is -7.61. The van der Waals surface area contributed by atoms with E-state index in [2.05, 4.69) is 0 Å². The molecule has 2 aromatic carbocycles. The van der Waals surface area contributed by atoms with Gasteiger partial charge in [0.15, 0.2) is 17.2 Å². The van der Waals surface area contributed by atoms with E-state index in [1.54, 1.807) is 0 Å². The van der Waals surface area contributed by atoms with E-state index in [1.165, 1.54) is 24.3 Å². The number of hydrogen-bond donors (Lipinski definition) is 7. The number of ether oxygens (including phenoxy) is 3. The summed E-state index contributed by atoms with van der Waals surface area (Å²) >= 11 is 0. The normalized spacial score (nSPS) is 26.2. The molecule has 1 saturated heterocycles. The monoisotopic (exact) mass is 424 g/mol. The van der Waals surface area contributed by atoms with Gasteiger partial charge in [0, 0.05) is 0 Å². The number of hydrogen-bond acceptors (Lipinski definition) is 11. The lowest BCUT2D eigenvalue weighted by molar-refractivity contribution is -0.277. The van der Waals surface area contributed by atoms with Crippen LogP contribution in [0.1, 0.15) is 10.4 Å². The summed E-state index contributed by atoms with van der Waals surface area (Å²) < 4.78 is 15.8. The molecular formula is C19H20O11. The Morgan fingerprint density at radius 3 is 2.10 bits per heavy atom. The summed E-state index contributed by atoms with van der Waals surface area (Å²) in [6, 6.07) is 7.17. The van der Waals surface area contributed by atoms with Crippen LogP contribution in [0.25, 0.3) is 0 Å². The number of esters is 1. The highest BCUT2D eigenvalue weighted by Gasteiger charge is 2.45. The summed E-state index contributed by atoms with van der Waals surface area (Å²) in [4.78, 5) is 12.1. The Morgan fingerprint density at radius 1 is 0.900 bits per heavy atom. The zero-order valence-corrected chi connectivity index (χ0v) is 15.3. The average Bonchev–Trinajstić information content (AvgIpc) is 2.72. The van der Waals surface area contributed by atoms with Gasteiger partial charge in [-0.05, 0) is 36.4 Å². The van der Waals surface area contributed by atoms with Gasteiger partial charge in [-0.3, -0.25) is 0 Å². The third-order valence-electron chi connectivity index (χ3n) is 4.44. The number of rotatable bonds is 5. The first-order chi connectivity index (χ1) is 14.2. The molecular weight excluding hydrogens is 404 g/mol. The highest BCUT2D eigenvalue weighted by molar-refractivity contribution is 5.91. The number of phenols is 4. The molecule has 3 rings (SSSR count). The Hall–Kier alpha value is -3.25. The van der Waals surface area contributed by atoms with Gasteiger partial charge in [0.2, 0.25) is 6.29 Å². The second-order valence-corrected chi connectivity index (χ2v) is 6.59. The molecule has 0 bridgehead atoms. The molecule has 11 nitrogen and oxygen atoms in total. The van der Waals surface area contributed by atoms with Crippen molar-refractivity contribution in [2.75, 3.05) is 6.61 Å². The van der Waals surface area contributed by atoms with Crippen molar-refractivity contribution in [2.24, 2.45) is 0 Å². The predicted molar refractivity (Wildman–Crippen MR) is 97.1 cm³/mol. The number of carbonyl (C=O) groups excluding carboxylic acids is 1. The molecule has 0 amide bonds. The molecule has 0 spiro atoms. The molecule has 1 heterocycles. The zero-order valence-electron chi connectivity index (χ0n) is 15.3. The van der Waals surface area contributed by atoms with Crippen LogP contribution < -0.4 is 4.74 Å². The molecule has 1 aliphatic heterocycles. The summed E-state index contributed by atoms with van der Waals surface area (Å²) in [5, 5.41) is 67.8. The SMILES string of the molecule is O=C(OC[C@@H]1O[C@@H](Oc2ccc(O)cc2)[C@@H](O)[C@@H](O)[C@@H]1O)c1cc(O)c(O)c(O)c1. The minimum Gasteiger partial charge on any atom is -0.508 e. The summed E-state index contributed by atoms with van der Waals surface area (Å²) in [6.45, 7) is -0.568. The highest BCUT2D eigenvalue weighted by Crippen LogP contribution is 2.35. The lowest BCUT2D eigenvalue weighted by Gasteiger charge is -2.39. The Bertz CT molecular complexity index is 875. The number of benzene rings is 2. The van der Waals surface area contributed by atoms with Crippen molar-refractivity contribution in [3.8, 4) is 28.7 Å². The number of carbonyl (C=O) groups is 1. The van der Waals surface area contributed by atoms with Gasteiger partial charge in [0.25, 0.3) is 0 Å². The van der Waals surface area contributed by atoms with Crippen LogP contribution in [0.2, 0.25) is 0 Å². The van der Waals surface area contributed by atoms with E-state index in [0.29, 0.717) is 0 Å². The van der Waals surface area contributed by atoms with E-state index < -0.39 is 60.5 Å². The number of phenolic OH excluding ortho intramolecular Hbond substituents is 4. The standard InChI is InChI=1S/C19H20O11/c20-9-1-3-10(4-2-9)29-19-17(26)16(25)15(24)13(30-19)7-28-18(27)8-5-11(21)14(23)12(22)6-8/h1-6,13,15-17,19-26H,7H2/t13-,15+,16-,17-,19+/m0/s1. The van der Waals surface area contributed by atoms with E-state index in [4.69, 9.17) is 14.2 Å². The maximum Gasteiger partial charge on any atom is 0.338 e. The maximum atomic E-state index is 12.1. The molecule has 0 saturated carbocycles. The first-order valence-electron chi connectivity index (χ1n) is 8.74. The molecule has 1 aliphatic rings. The topological polar surface area (TPSA) is 186 Å². The summed E-state index contributed by atoms with van der Waals surface area (Å²) in [7, 11) is 0. The van der Waals surface area contributed by atoms with Crippen molar-refractivity contribution in [1.82, 2.24) is 0 Å².